The Hall–Kier alpha value is -1.64. The molecule has 1 N–H and O–H groups in total. The van der Waals surface area contributed by atoms with Crippen LogP contribution >= 0.6 is 0 Å². The highest BCUT2D eigenvalue weighted by molar-refractivity contribution is 6.08. The van der Waals surface area contributed by atoms with Crippen molar-refractivity contribution in [3.05, 3.63) is 35.9 Å². The molecule has 16 heavy (non-hydrogen) atoms. The van der Waals surface area contributed by atoms with Crippen molar-refractivity contribution >= 4 is 11.8 Å². The van der Waals surface area contributed by atoms with Crippen molar-refractivity contribution in [2.45, 2.75) is 20.8 Å². The molecule has 3 heteroatoms. The monoisotopic (exact) mass is 220 g/mol. The highest BCUT2D eigenvalue weighted by Crippen LogP contribution is 2.29. The van der Waals surface area contributed by atoms with Crippen molar-refractivity contribution < 1.29 is 14.7 Å². The molecule has 0 fully saturated rings. The summed E-state index contributed by atoms with van der Waals surface area (Å²) in [7, 11) is 0. The SMILES string of the molecule is CC(C)(C)C(C(=O)O)C(=O)c1ccccc1. The Morgan fingerprint density at radius 1 is 1.12 bits per heavy atom. The van der Waals surface area contributed by atoms with E-state index < -0.39 is 17.3 Å². The molecule has 0 aromatic heterocycles. The maximum atomic E-state index is 12.1. The molecular weight excluding hydrogens is 204 g/mol. The first-order valence-corrected chi connectivity index (χ1v) is 5.16. The van der Waals surface area contributed by atoms with Gasteiger partial charge < -0.3 is 5.11 Å². The fourth-order valence-corrected chi connectivity index (χ4v) is 1.64. The number of carbonyl (C=O) groups excluding carboxylic acids is 1. The van der Waals surface area contributed by atoms with Gasteiger partial charge in [0.2, 0.25) is 0 Å². The lowest BCUT2D eigenvalue weighted by Gasteiger charge is -2.25. The van der Waals surface area contributed by atoms with E-state index in [0.29, 0.717) is 5.56 Å². The molecule has 0 spiro atoms. The lowest BCUT2D eigenvalue weighted by molar-refractivity contribution is -0.143. The van der Waals surface area contributed by atoms with Crippen molar-refractivity contribution in [1.29, 1.82) is 0 Å². The summed E-state index contributed by atoms with van der Waals surface area (Å²) in [6.45, 7) is 5.27. The smallest absolute Gasteiger partial charge is 0.314 e. The lowest BCUT2D eigenvalue weighted by Crippen LogP contribution is -2.35. The van der Waals surface area contributed by atoms with Gasteiger partial charge in [0.1, 0.15) is 5.92 Å². The van der Waals surface area contributed by atoms with Crippen LogP contribution < -0.4 is 0 Å². The van der Waals surface area contributed by atoms with Crippen LogP contribution in [0.1, 0.15) is 31.1 Å². The number of rotatable bonds is 3. The molecule has 0 heterocycles. The van der Waals surface area contributed by atoms with Crippen molar-refractivity contribution in [3.8, 4) is 0 Å². The van der Waals surface area contributed by atoms with Crippen LogP contribution in [0.25, 0.3) is 0 Å². The second-order valence-electron chi connectivity index (χ2n) is 4.87. The number of aliphatic carboxylic acids is 1. The third kappa shape index (κ3) is 2.69. The van der Waals surface area contributed by atoms with Gasteiger partial charge in [-0.3, -0.25) is 9.59 Å². The van der Waals surface area contributed by atoms with Gasteiger partial charge in [0.05, 0.1) is 0 Å². The predicted molar refractivity (Wildman–Crippen MR) is 61.4 cm³/mol. The summed E-state index contributed by atoms with van der Waals surface area (Å²) < 4.78 is 0. The predicted octanol–water partition coefficient (Wildman–Crippen LogP) is 2.62. The number of carboxylic acids is 1. The summed E-state index contributed by atoms with van der Waals surface area (Å²) in [6, 6.07) is 8.54. The summed E-state index contributed by atoms with van der Waals surface area (Å²) in [5, 5.41) is 9.12. The summed E-state index contributed by atoms with van der Waals surface area (Å²) in [5.41, 5.74) is -0.136. The zero-order valence-electron chi connectivity index (χ0n) is 9.73. The van der Waals surface area contributed by atoms with Gasteiger partial charge in [-0.2, -0.15) is 0 Å². The summed E-state index contributed by atoms with van der Waals surface area (Å²) in [6.07, 6.45) is 0. The van der Waals surface area contributed by atoms with E-state index in [1.807, 2.05) is 0 Å². The molecule has 1 rings (SSSR count). The molecule has 0 saturated carbocycles. The van der Waals surface area contributed by atoms with Crippen LogP contribution in [0.2, 0.25) is 0 Å². The quantitative estimate of drug-likeness (QED) is 0.629. The number of hydrogen-bond acceptors (Lipinski definition) is 2. The van der Waals surface area contributed by atoms with Crippen molar-refractivity contribution in [2.24, 2.45) is 11.3 Å². The molecule has 0 bridgehead atoms. The first-order chi connectivity index (χ1) is 7.34. The topological polar surface area (TPSA) is 54.4 Å². The van der Waals surface area contributed by atoms with Gasteiger partial charge in [-0.1, -0.05) is 51.1 Å². The summed E-state index contributed by atoms with van der Waals surface area (Å²) in [4.78, 5) is 23.2. The molecule has 1 aromatic carbocycles. The maximum absolute atomic E-state index is 12.1. The Kier molecular flexibility index (Phi) is 3.48. The summed E-state index contributed by atoms with van der Waals surface area (Å²) in [5.74, 6) is -2.41. The van der Waals surface area contributed by atoms with E-state index in [-0.39, 0.29) is 5.78 Å². The molecule has 0 amide bonds. The third-order valence-corrected chi connectivity index (χ3v) is 2.43. The van der Waals surface area contributed by atoms with Crippen molar-refractivity contribution in [1.82, 2.24) is 0 Å². The van der Waals surface area contributed by atoms with E-state index in [4.69, 9.17) is 5.11 Å². The molecule has 0 aliphatic rings. The number of carbonyl (C=O) groups is 2. The molecule has 1 atom stereocenters. The Balaban J connectivity index is 3.07. The van der Waals surface area contributed by atoms with E-state index in [1.54, 1.807) is 51.1 Å². The second-order valence-corrected chi connectivity index (χ2v) is 4.87. The highest BCUT2D eigenvalue weighted by atomic mass is 16.4. The van der Waals surface area contributed by atoms with Crippen LogP contribution in [0.4, 0.5) is 0 Å². The number of benzene rings is 1. The molecule has 1 unspecified atom stereocenters. The Labute approximate surface area is 95.1 Å². The number of ketones is 1. The van der Waals surface area contributed by atoms with Gasteiger partial charge in [-0.15, -0.1) is 0 Å². The second kappa shape index (κ2) is 4.47. The molecule has 86 valence electrons. The van der Waals surface area contributed by atoms with Gasteiger partial charge in [0.25, 0.3) is 0 Å². The number of hydrogen-bond donors (Lipinski definition) is 1. The lowest BCUT2D eigenvalue weighted by atomic mass is 9.76. The van der Waals surface area contributed by atoms with E-state index in [1.165, 1.54) is 0 Å². The van der Waals surface area contributed by atoms with E-state index in [2.05, 4.69) is 0 Å². The van der Waals surface area contributed by atoms with Crippen molar-refractivity contribution in [3.63, 3.8) is 0 Å². The Morgan fingerprint density at radius 2 is 1.62 bits per heavy atom. The molecule has 0 saturated heterocycles. The molecular formula is C13H16O3. The maximum Gasteiger partial charge on any atom is 0.314 e. The van der Waals surface area contributed by atoms with Crippen molar-refractivity contribution in [2.75, 3.05) is 0 Å². The first-order valence-electron chi connectivity index (χ1n) is 5.16. The number of Topliss-reactive ketones (excluding diaryl/α,β-unsaturated/α-hetero) is 1. The Morgan fingerprint density at radius 3 is 2.00 bits per heavy atom. The van der Waals surface area contributed by atoms with Gasteiger partial charge in [-0.05, 0) is 5.41 Å². The van der Waals surface area contributed by atoms with E-state index >= 15 is 0 Å². The molecule has 1 aromatic rings. The largest absolute Gasteiger partial charge is 0.481 e. The molecule has 0 radical (unpaired) electrons. The van der Waals surface area contributed by atoms with Crippen LogP contribution in [0, 0.1) is 11.3 Å². The van der Waals surface area contributed by atoms with Crippen LogP contribution in [0.5, 0.6) is 0 Å². The zero-order chi connectivity index (χ0) is 12.3. The standard InChI is InChI=1S/C13H16O3/c1-13(2,3)10(12(15)16)11(14)9-7-5-4-6-8-9/h4-8,10H,1-3H3,(H,15,16). The fourth-order valence-electron chi connectivity index (χ4n) is 1.64. The molecule has 3 nitrogen and oxygen atoms in total. The normalized spacial score (nSPS) is 13.2. The van der Waals surface area contributed by atoms with Crippen LogP contribution in [0.3, 0.4) is 0 Å². The van der Waals surface area contributed by atoms with E-state index in [0.717, 1.165) is 0 Å². The molecule has 0 aliphatic carbocycles. The van der Waals surface area contributed by atoms with Gasteiger partial charge in [0.15, 0.2) is 5.78 Å². The minimum Gasteiger partial charge on any atom is -0.481 e. The summed E-state index contributed by atoms with van der Waals surface area (Å²) >= 11 is 0. The van der Waals surface area contributed by atoms with E-state index in [9.17, 15) is 9.59 Å². The van der Waals surface area contributed by atoms with Crippen LogP contribution in [0.15, 0.2) is 30.3 Å². The average molecular weight is 220 g/mol. The highest BCUT2D eigenvalue weighted by Gasteiger charge is 2.37. The van der Waals surface area contributed by atoms with Gasteiger partial charge in [0, 0.05) is 5.56 Å². The fraction of sp³-hybridized carbons (Fsp3) is 0.385. The van der Waals surface area contributed by atoms with Crippen LogP contribution in [-0.2, 0) is 4.79 Å². The van der Waals surface area contributed by atoms with Crippen LogP contribution in [-0.4, -0.2) is 16.9 Å². The average Bonchev–Trinajstić information content (AvgIpc) is 2.16. The third-order valence-electron chi connectivity index (χ3n) is 2.43. The number of carboxylic acid groups (broad SMARTS) is 1. The Bertz CT molecular complexity index is 387. The minimum absolute atomic E-state index is 0.333. The van der Waals surface area contributed by atoms with Gasteiger partial charge >= 0.3 is 5.97 Å². The van der Waals surface area contributed by atoms with Gasteiger partial charge in [-0.25, -0.2) is 0 Å². The first kappa shape index (κ1) is 12.4. The minimum atomic E-state index is -1.07. The zero-order valence-corrected chi connectivity index (χ0v) is 9.73. The molecule has 0 aliphatic heterocycles.